The van der Waals surface area contributed by atoms with Gasteiger partial charge in [0.15, 0.2) is 0 Å². The Kier molecular flexibility index (Phi) is 2.05. The maximum atomic E-state index is 12.9. The summed E-state index contributed by atoms with van der Waals surface area (Å²) in [6, 6.07) is 4.37. The SMILES string of the molecule is Cc1ccc(F)cc1C1CC(F)(F)C1. The Hall–Kier alpha value is -0.990. The van der Waals surface area contributed by atoms with E-state index < -0.39 is 5.92 Å². The Morgan fingerprint density at radius 3 is 2.50 bits per heavy atom. The Morgan fingerprint density at radius 2 is 1.93 bits per heavy atom. The molecule has 1 fully saturated rings. The maximum Gasteiger partial charge on any atom is 0.249 e. The molecule has 0 radical (unpaired) electrons. The van der Waals surface area contributed by atoms with Crippen LogP contribution in [0, 0.1) is 12.7 Å². The van der Waals surface area contributed by atoms with Crippen LogP contribution in [-0.2, 0) is 0 Å². The van der Waals surface area contributed by atoms with Gasteiger partial charge in [0.05, 0.1) is 0 Å². The van der Waals surface area contributed by atoms with Crippen LogP contribution in [0.25, 0.3) is 0 Å². The zero-order valence-electron chi connectivity index (χ0n) is 7.86. The summed E-state index contributed by atoms with van der Waals surface area (Å²) in [5, 5.41) is 0. The molecule has 1 saturated carbocycles. The molecule has 0 heterocycles. The lowest BCUT2D eigenvalue weighted by Crippen LogP contribution is -2.34. The van der Waals surface area contributed by atoms with Gasteiger partial charge in [-0.2, -0.15) is 0 Å². The van der Waals surface area contributed by atoms with Crippen molar-refractivity contribution < 1.29 is 13.2 Å². The fraction of sp³-hybridized carbons (Fsp3) is 0.455. The first-order valence-electron chi connectivity index (χ1n) is 4.62. The monoisotopic (exact) mass is 200 g/mol. The lowest BCUT2D eigenvalue weighted by Gasteiger charge is -2.36. The van der Waals surface area contributed by atoms with Gasteiger partial charge >= 0.3 is 0 Å². The third kappa shape index (κ3) is 1.63. The van der Waals surface area contributed by atoms with Gasteiger partial charge in [-0.05, 0) is 36.1 Å². The summed E-state index contributed by atoms with van der Waals surface area (Å²) in [6.45, 7) is 1.82. The van der Waals surface area contributed by atoms with Crippen LogP contribution in [0.1, 0.15) is 29.9 Å². The lowest BCUT2D eigenvalue weighted by molar-refractivity contribution is -0.0869. The van der Waals surface area contributed by atoms with Gasteiger partial charge < -0.3 is 0 Å². The quantitative estimate of drug-likeness (QED) is 0.649. The second-order valence-corrected chi connectivity index (χ2v) is 3.96. The van der Waals surface area contributed by atoms with E-state index in [-0.39, 0.29) is 24.6 Å². The zero-order valence-corrected chi connectivity index (χ0v) is 7.86. The number of aryl methyl sites for hydroxylation is 1. The summed E-state index contributed by atoms with van der Waals surface area (Å²) < 4.78 is 38.1. The Labute approximate surface area is 80.7 Å². The van der Waals surface area contributed by atoms with Gasteiger partial charge in [-0.3, -0.25) is 0 Å². The van der Waals surface area contributed by atoms with Crippen molar-refractivity contribution in [1.29, 1.82) is 0 Å². The van der Waals surface area contributed by atoms with E-state index in [9.17, 15) is 13.2 Å². The molecule has 0 N–H and O–H groups in total. The minimum absolute atomic E-state index is 0.142. The molecule has 0 unspecified atom stereocenters. The average molecular weight is 200 g/mol. The summed E-state index contributed by atoms with van der Waals surface area (Å²) in [5.41, 5.74) is 1.63. The molecule has 0 saturated heterocycles. The number of rotatable bonds is 1. The maximum absolute atomic E-state index is 12.9. The minimum Gasteiger partial charge on any atom is -0.207 e. The predicted octanol–water partition coefficient (Wildman–Crippen LogP) is 3.65. The van der Waals surface area contributed by atoms with E-state index in [0.29, 0.717) is 0 Å². The van der Waals surface area contributed by atoms with Gasteiger partial charge in [-0.25, -0.2) is 13.2 Å². The molecule has 3 heteroatoms. The van der Waals surface area contributed by atoms with Crippen molar-refractivity contribution in [2.75, 3.05) is 0 Å². The second-order valence-electron chi connectivity index (χ2n) is 3.96. The highest BCUT2D eigenvalue weighted by atomic mass is 19.3. The van der Waals surface area contributed by atoms with E-state index in [4.69, 9.17) is 0 Å². The van der Waals surface area contributed by atoms with Gasteiger partial charge in [0.1, 0.15) is 5.82 Å². The molecule has 0 spiro atoms. The topological polar surface area (TPSA) is 0 Å². The molecule has 0 atom stereocenters. The fourth-order valence-electron chi connectivity index (χ4n) is 1.93. The molecule has 2 rings (SSSR count). The van der Waals surface area contributed by atoms with Crippen LogP contribution < -0.4 is 0 Å². The number of hydrogen-bond donors (Lipinski definition) is 0. The van der Waals surface area contributed by atoms with Crippen LogP contribution in [0.15, 0.2) is 18.2 Å². The summed E-state index contributed by atoms with van der Waals surface area (Å²) in [7, 11) is 0. The van der Waals surface area contributed by atoms with E-state index in [1.165, 1.54) is 12.1 Å². The smallest absolute Gasteiger partial charge is 0.207 e. The number of hydrogen-bond acceptors (Lipinski definition) is 0. The summed E-state index contributed by atoms with van der Waals surface area (Å²) in [6.07, 6.45) is -0.283. The van der Waals surface area contributed by atoms with Crippen LogP contribution in [0.5, 0.6) is 0 Å². The van der Waals surface area contributed by atoms with Crippen molar-refractivity contribution in [3.8, 4) is 0 Å². The van der Waals surface area contributed by atoms with Gasteiger partial charge in [0.2, 0.25) is 5.92 Å². The summed E-state index contributed by atoms with van der Waals surface area (Å²) >= 11 is 0. The fourth-order valence-corrected chi connectivity index (χ4v) is 1.93. The first kappa shape index (κ1) is 9.56. The number of alkyl halides is 2. The van der Waals surface area contributed by atoms with Gasteiger partial charge in [-0.15, -0.1) is 0 Å². The average Bonchev–Trinajstić information content (AvgIpc) is 2.05. The lowest BCUT2D eigenvalue weighted by atomic mass is 9.75. The molecule has 1 aromatic carbocycles. The molecule has 0 aromatic heterocycles. The molecule has 0 aliphatic heterocycles. The molecule has 1 aliphatic carbocycles. The molecule has 0 bridgehead atoms. The van der Waals surface area contributed by atoms with Crippen LogP contribution in [-0.4, -0.2) is 5.92 Å². The number of benzene rings is 1. The van der Waals surface area contributed by atoms with Crippen molar-refractivity contribution in [1.82, 2.24) is 0 Å². The third-order valence-corrected chi connectivity index (χ3v) is 2.77. The van der Waals surface area contributed by atoms with Crippen LogP contribution in [0.4, 0.5) is 13.2 Å². The van der Waals surface area contributed by atoms with E-state index >= 15 is 0 Å². The minimum atomic E-state index is -2.54. The van der Waals surface area contributed by atoms with Crippen molar-refractivity contribution in [3.63, 3.8) is 0 Å². The highest BCUT2D eigenvalue weighted by Gasteiger charge is 2.46. The zero-order chi connectivity index (χ0) is 10.3. The second kappa shape index (κ2) is 3.01. The van der Waals surface area contributed by atoms with E-state index in [1.807, 2.05) is 6.92 Å². The molecule has 14 heavy (non-hydrogen) atoms. The Balaban J connectivity index is 2.22. The predicted molar refractivity (Wildman–Crippen MR) is 48.1 cm³/mol. The van der Waals surface area contributed by atoms with Gasteiger partial charge in [-0.1, -0.05) is 6.07 Å². The largest absolute Gasteiger partial charge is 0.249 e. The molecule has 1 aromatic rings. The van der Waals surface area contributed by atoms with E-state index in [0.717, 1.165) is 11.1 Å². The normalized spacial score (nSPS) is 20.6. The molecule has 0 amide bonds. The first-order chi connectivity index (χ1) is 6.48. The van der Waals surface area contributed by atoms with E-state index in [1.54, 1.807) is 6.07 Å². The van der Waals surface area contributed by atoms with Crippen LogP contribution in [0.3, 0.4) is 0 Å². The van der Waals surface area contributed by atoms with Gasteiger partial charge in [0, 0.05) is 12.8 Å². The third-order valence-electron chi connectivity index (χ3n) is 2.77. The van der Waals surface area contributed by atoms with Crippen molar-refractivity contribution in [2.45, 2.75) is 31.6 Å². The van der Waals surface area contributed by atoms with E-state index in [2.05, 4.69) is 0 Å². The number of halogens is 3. The molecule has 76 valence electrons. The Bertz CT molecular complexity index is 350. The van der Waals surface area contributed by atoms with Crippen LogP contribution in [0.2, 0.25) is 0 Å². The highest BCUT2D eigenvalue weighted by Crippen LogP contribution is 2.48. The molecular weight excluding hydrogens is 189 g/mol. The molecule has 1 aliphatic rings. The van der Waals surface area contributed by atoms with Crippen molar-refractivity contribution in [3.05, 3.63) is 35.1 Å². The Morgan fingerprint density at radius 1 is 1.29 bits per heavy atom. The highest BCUT2D eigenvalue weighted by molar-refractivity contribution is 5.32. The van der Waals surface area contributed by atoms with Crippen LogP contribution >= 0.6 is 0 Å². The summed E-state index contributed by atoms with van der Waals surface area (Å²) in [5.74, 6) is -3.05. The standard InChI is InChI=1S/C11H11F3/c1-7-2-3-9(12)4-10(7)8-5-11(13,14)6-8/h2-4,8H,5-6H2,1H3. The summed E-state index contributed by atoms with van der Waals surface area (Å²) in [4.78, 5) is 0. The van der Waals surface area contributed by atoms with Gasteiger partial charge in [0.25, 0.3) is 0 Å². The molecule has 0 nitrogen and oxygen atoms in total. The first-order valence-corrected chi connectivity index (χ1v) is 4.62. The molecular formula is C11H11F3. The van der Waals surface area contributed by atoms with Crippen molar-refractivity contribution >= 4 is 0 Å². The van der Waals surface area contributed by atoms with Crippen molar-refractivity contribution in [2.24, 2.45) is 0 Å².